The van der Waals surface area contributed by atoms with E-state index in [1.54, 1.807) is 11.9 Å². The molecular weight excluding hydrogens is 420 g/mol. The number of halogens is 2. The summed E-state index contributed by atoms with van der Waals surface area (Å²) < 4.78 is 37.0. The summed E-state index contributed by atoms with van der Waals surface area (Å²) in [6.45, 7) is 2.34. The number of rotatable bonds is 5. The third kappa shape index (κ3) is 4.13. The number of carbonyl (C=O) groups is 2. The molecule has 31 heavy (non-hydrogen) atoms. The Kier molecular flexibility index (Phi) is 6.17. The van der Waals surface area contributed by atoms with Crippen molar-refractivity contribution in [2.24, 2.45) is 0 Å². The van der Waals surface area contributed by atoms with Crippen LogP contribution >= 0.6 is 11.9 Å². The molecule has 2 aromatic rings. The van der Waals surface area contributed by atoms with Gasteiger partial charge in [0.25, 0.3) is 0 Å². The van der Waals surface area contributed by atoms with Gasteiger partial charge >= 0.3 is 5.97 Å². The minimum Gasteiger partial charge on any atom is -0.468 e. The van der Waals surface area contributed by atoms with Gasteiger partial charge in [-0.1, -0.05) is 42.3 Å². The molecule has 1 aliphatic heterocycles. The van der Waals surface area contributed by atoms with E-state index in [-0.39, 0.29) is 47.6 Å². The minimum atomic E-state index is -1.42. The van der Waals surface area contributed by atoms with E-state index in [4.69, 9.17) is 4.74 Å². The van der Waals surface area contributed by atoms with Crippen molar-refractivity contribution in [3.63, 3.8) is 0 Å². The molecule has 1 saturated heterocycles. The number of methoxy groups -OCH3 is 1. The second kappa shape index (κ2) is 8.71. The first-order valence-corrected chi connectivity index (χ1v) is 11.2. The van der Waals surface area contributed by atoms with Crippen LogP contribution in [0.1, 0.15) is 54.5 Å². The molecule has 2 fully saturated rings. The highest BCUT2D eigenvalue weighted by atomic mass is 32.2. The second-order valence-corrected chi connectivity index (χ2v) is 9.64. The van der Waals surface area contributed by atoms with Crippen LogP contribution in [0, 0.1) is 11.6 Å². The van der Waals surface area contributed by atoms with Crippen molar-refractivity contribution in [3.8, 4) is 0 Å². The van der Waals surface area contributed by atoms with Gasteiger partial charge in [-0.2, -0.15) is 0 Å². The minimum absolute atomic E-state index is 0.0956. The summed E-state index contributed by atoms with van der Waals surface area (Å²) in [5.41, 5.74) is -0.0522. The van der Waals surface area contributed by atoms with Gasteiger partial charge < -0.3 is 4.74 Å². The fourth-order valence-corrected chi connectivity index (χ4v) is 5.82. The molecule has 1 heterocycles. The van der Waals surface area contributed by atoms with E-state index in [1.807, 2.05) is 18.2 Å². The molecule has 7 heteroatoms. The largest absolute Gasteiger partial charge is 0.468 e. The summed E-state index contributed by atoms with van der Waals surface area (Å²) in [5, 5.41) is 0.271. The zero-order valence-corrected chi connectivity index (χ0v) is 18.4. The number of esters is 1. The van der Waals surface area contributed by atoms with Gasteiger partial charge in [-0.3, -0.25) is 9.59 Å². The van der Waals surface area contributed by atoms with E-state index in [2.05, 4.69) is 23.4 Å². The highest BCUT2D eigenvalue weighted by molar-refractivity contribution is 7.97. The summed E-state index contributed by atoms with van der Waals surface area (Å²) in [5.74, 6) is -2.12. The van der Waals surface area contributed by atoms with Crippen LogP contribution in [0.15, 0.2) is 42.5 Å². The number of Topliss-reactive ketones (excluding diaryl/α,β-unsaturated/α-hetero) is 1. The van der Waals surface area contributed by atoms with E-state index in [0.29, 0.717) is 0 Å². The Morgan fingerprint density at radius 3 is 2.52 bits per heavy atom. The molecule has 164 valence electrons. The molecule has 0 radical (unpaired) electrons. The van der Waals surface area contributed by atoms with Crippen LogP contribution in [0.3, 0.4) is 0 Å². The maximum atomic E-state index is 15.1. The second-order valence-electron chi connectivity index (χ2n) is 8.40. The van der Waals surface area contributed by atoms with E-state index in [1.165, 1.54) is 12.7 Å². The fraction of sp³-hybridized carbons (Fsp3) is 0.417. The lowest BCUT2D eigenvalue weighted by Crippen LogP contribution is -2.49. The third-order valence-electron chi connectivity index (χ3n) is 6.32. The van der Waals surface area contributed by atoms with Crippen molar-refractivity contribution in [3.05, 3.63) is 70.8 Å². The molecule has 0 bridgehead atoms. The number of carbonyl (C=O) groups excluding carboxylic acids is 2. The normalized spacial score (nSPS) is 23.3. The van der Waals surface area contributed by atoms with Gasteiger partial charge in [0.2, 0.25) is 0 Å². The van der Waals surface area contributed by atoms with Crippen molar-refractivity contribution in [2.45, 2.75) is 55.9 Å². The molecule has 2 aromatic carbocycles. The molecule has 0 aromatic heterocycles. The topological polar surface area (TPSA) is 46.6 Å². The van der Waals surface area contributed by atoms with Crippen molar-refractivity contribution in [1.82, 2.24) is 4.31 Å². The van der Waals surface area contributed by atoms with Crippen LogP contribution in [-0.4, -0.2) is 29.2 Å². The smallest absolute Gasteiger partial charge is 0.317 e. The summed E-state index contributed by atoms with van der Waals surface area (Å²) in [7, 11) is 1.19. The van der Waals surface area contributed by atoms with Crippen molar-refractivity contribution >= 4 is 23.7 Å². The Bertz CT molecular complexity index is 990. The maximum absolute atomic E-state index is 15.1. The van der Waals surface area contributed by atoms with E-state index < -0.39 is 23.0 Å². The highest BCUT2D eigenvalue weighted by Gasteiger charge is 2.53. The van der Waals surface area contributed by atoms with Gasteiger partial charge in [-0.05, 0) is 37.5 Å². The summed E-state index contributed by atoms with van der Waals surface area (Å²) in [4.78, 5) is 23.9. The predicted octanol–water partition coefficient (Wildman–Crippen LogP) is 5.11. The number of benzene rings is 2. The Balaban J connectivity index is 1.57. The Labute approximate surface area is 185 Å². The zero-order valence-electron chi connectivity index (χ0n) is 17.6. The van der Waals surface area contributed by atoms with Gasteiger partial charge in [0.1, 0.15) is 22.8 Å². The first-order valence-electron chi connectivity index (χ1n) is 10.4. The van der Waals surface area contributed by atoms with Crippen molar-refractivity contribution in [2.75, 3.05) is 7.11 Å². The average molecular weight is 446 g/mol. The lowest BCUT2D eigenvalue weighted by atomic mass is 9.63. The molecule has 1 saturated carbocycles. The van der Waals surface area contributed by atoms with Crippen molar-refractivity contribution in [1.29, 1.82) is 0 Å². The standard InChI is InChI=1S/C24H25F2NO3S/c1-15-8-9-22(16-6-4-3-5-7-16)31-27(15)14-17-10-21(26)19(11-20(17)25)24(23(29)30-2)12-18(28)13-24/h3-7,10-11,15,22H,8-9,12-14H2,1-2H3/t15-,22+/m0/s1. The number of ketones is 1. The van der Waals surface area contributed by atoms with E-state index >= 15 is 8.78 Å². The van der Waals surface area contributed by atoms with Crippen LogP contribution < -0.4 is 0 Å². The highest BCUT2D eigenvalue weighted by Crippen LogP contribution is 2.45. The summed E-state index contributed by atoms with van der Waals surface area (Å²) in [6, 6.07) is 12.6. The maximum Gasteiger partial charge on any atom is 0.317 e. The van der Waals surface area contributed by atoms with Gasteiger partial charge in [-0.25, -0.2) is 13.1 Å². The van der Waals surface area contributed by atoms with Crippen LogP contribution in [-0.2, 0) is 26.3 Å². The monoisotopic (exact) mass is 445 g/mol. The fourth-order valence-electron chi connectivity index (χ4n) is 4.45. The van der Waals surface area contributed by atoms with Crippen LogP contribution in [0.2, 0.25) is 0 Å². The van der Waals surface area contributed by atoms with Gasteiger partial charge in [-0.15, -0.1) is 0 Å². The molecule has 4 nitrogen and oxygen atoms in total. The molecule has 0 spiro atoms. The Morgan fingerprint density at radius 1 is 1.16 bits per heavy atom. The molecule has 2 atom stereocenters. The number of hydrogen-bond donors (Lipinski definition) is 0. The number of ether oxygens (including phenoxy) is 1. The SMILES string of the molecule is COC(=O)C1(c2cc(F)c(CN3S[C@@H](c4ccccc4)CC[C@@H]3C)cc2F)CC(=O)C1. The summed E-state index contributed by atoms with van der Waals surface area (Å²) in [6.07, 6.45) is 1.67. The summed E-state index contributed by atoms with van der Waals surface area (Å²) >= 11 is 1.66. The van der Waals surface area contributed by atoms with Crippen LogP contribution in [0.5, 0.6) is 0 Å². The molecule has 0 N–H and O–H groups in total. The Morgan fingerprint density at radius 2 is 1.87 bits per heavy atom. The van der Waals surface area contributed by atoms with E-state index in [0.717, 1.165) is 25.0 Å². The lowest BCUT2D eigenvalue weighted by Gasteiger charge is -2.39. The average Bonchev–Trinajstić information content (AvgIpc) is 2.75. The van der Waals surface area contributed by atoms with Crippen molar-refractivity contribution < 1.29 is 23.1 Å². The van der Waals surface area contributed by atoms with Gasteiger partial charge in [0.15, 0.2) is 0 Å². The van der Waals surface area contributed by atoms with Gasteiger partial charge in [0, 0.05) is 41.8 Å². The molecule has 4 rings (SSSR count). The van der Waals surface area contributed by atoms with Gasteiger partial charge in [0.05, 0.1) is 7.11 Å². The molecule has 0 amide bonds. The molecule has 2 aliphatic rings. The zero-order chi connectivity index (χ0) is 22.2. The van der Waals surface area contributed by atoms with Crippen LogP contribution in [0.25, 0.3) is 0 Å². The Hall–Kier alpha value is -2.25. The molecule has 1 aliphatic carbocycles. The third-order valence-corrected chi connectivity index (χ3v) is 7.85. The first kappa shape index (κ1) is 22.0. The quantitative estimate of drug-likeness (QED) is 0.473. The number of nitrogens with zero attached hydrogens (tertiary/aromatic N) is 1. The molecular formula is C24H25F2NO3S. The first-order chi connectivity index (χ1) is 14.8. The molecule has 0 unspecified atom stereocenters. The lowest BCUT2D eigenvalue weighted by molar-refractivity contribution is -0.156. The van der Waals surface area contributed by atoms with E-state index in [9.17, 15) is 9.59 Å². The van der Waals surface area contributed by atoms with Crippen LogP contribution in [0.4, 0.5) is 8.78 Å². The number of hydrogen-bond acceptors (Lipinski definition) is 5. The predicted molar refractivity (Wildman–Crippen MR) is 115 cm³/mol.